The maximum atomic E-state index is 14.2. The molecule has 0 bridgehead atoms. The van der Waals surface area contributed by atoms with Gasteiger partial charge in [0.25, 0.3) is 0 Å². The lowest BCUT2D eigenvalue weighted by Crippen LogP contribution is -2.49. The summed E-state index contributed by atoms with van der Waals surface area (Å²) in [5.41, 5.74) is -1.58. The Morgan fingerprint density at radius 3 is 2.49 bits per heavy atom. The van der Waals surface area contributed by atoms with Crippen LogP contribution in [0.2, 0.25) is 0 Å². The van der Waals surface area contributed by atoms with Gasteiger partial charge in [0.05, 0.1) is 11.1 Å². The van der Waals surface area contributed by atoms with Gasteiger partial charge in [0.1, 0.15) is 11.4 Å². The number of piperidine rings is 1. The molecule has 2 saturated heterocycles. The third-order valence-electron chi connectivity index (χ3n) is 7.95. The molecule has 2 aromatic rings. The largest absolute Gasteiger partial charge is 0.383 e. The fourth-order valence-electron chi connectivity index (χ4n) is 5.94. The number of carbonyl (C=O) groups excluding carboxylic acids is 3. The van der Waals surface area contributed by atoms with Crippen molar-refractivity contribution in [3.05, 3.63) is 65.7 Å². The quantitative estimate of drug-likeness (QED) is 0.666. The van der Waals surface area contributed by atoms with E-state index in [1.807, 2.05) is 6.07 Å². The summed E-state index contributed by atoms with van der Waals surface area (Å²) < 4.78 is 14.2. The van der Waals surface area contributed by atoms with Crippen LogP contribution in [0.3, 0.4) is 0 Å². The second kappa shape index (κ2) is 9.15. The van der Waals surface area contributed by atoms with E-state index in [4.69, 9.17) is 0 Å². The number of likely N-dealkylation sites (tertiary alicyclic amines) is 2. The van der Waals surface area contributed by atoms with Crippen LogP contribution in [-0.4, -0.2) is 56.7 Å². The third kappa shape index (κ3) is 4.24. The second-order valence-electron chi connectivity index (χ2n) is 10.1. The molecular formula is C27H30FN3O4. The number of halogens is 1. The minimum Gasteiger partial charge on any atom is -0.383 e. The van der Waals surface area contributed by atoms with Crippen LogP contribution in [0.4, 0.5) is 4.39 Å². The molecular weight excluding hydrogens is 449 g/mol. The zero-order valence-electron chi connectivity index (χ0n) is 19.7. The summed E-state index contributed by atoms with van der Waals surface area (Å²) in [6.45, 7) is 0.610. The number of nitrogens with zero attached hydrogens (tertiary/aromatic N) is 3. The molecule has 3 fully saturated rings. The Kier molecular flexibility index (Phi) is 6.17. The van der Waals surface area contributed by atoms with Crippen molar-refractivity contribution in [2.45, 2.75) is 68.4 Å². The van der Waals surface area contributed by atoms with E-state index in [1.54, 1.807) is 29.3 Å². The first-order valence-corrected chi connectivity index (χ1v) is 12.4. The first-order chi connectivity index (χ1) is 16.8. The number of rotatable bonds is 5. The summed E-state index contributed by atoms with van der Waals surface area (Å²) in [5, 5.41) is 11.1. The van der Waals surface area contributed by atoms with Crippen molar-refractivity contribution < 1.29 is 23.9 Å². The summed E-state index contributed by atoms with van der Waals surface area (Å²) in [7, 11) is 0. The van der Waals surface area contributed by atoms with E-state index in [1.165, 1.54) is 23.1 Å². The predicted molar refractivity (Wildman–Crippen MR) is 125 cm³/mol. The van der Waals surface area contributed by atoms with Crippen LogP contribution in [0.1, 0.15) is 62.6 Å². The van der Waals surface area contributed by atoms with Crippen molar-refractivity contribution in [2.24, 2.45) is 0 Å². The molecule has 35 heavy (non-hydrogen) atoms. The summed E-state index contributed by atoms with van der Waals surface area (Å²) in [6, 6.07) is 10.9. The summed E-state index contributed by atoms with van der Waals surface area (Å²) >= 11 is 0. The van der Waals surface area contributed by atoms with E-state index in [-0.39, 0.29) is 30.7 Å². The van der Waals surface area contributed by atoms with Gasteiger partial charge < -0.3 is 10.0 Å². The normalized spacial score (nSPS) is 24.9. The van der Waals surface area contributed by atoms with Crippen molar-refractivity contribution in [3.8, 4) is 0 Å². The Balaban J connectivity index is 1.38. The average molecular weight is 480 g/mol. The third-order valence-corrected chi connectivity index (χ3v) is 7.95. The molecule has 3 amide bonds. The highest BCUT2D eigenvalue weighted by atomic mass is 19.1. The van der Waals surface area contributed by atoms with Crippen molar-refractivity contribution in [2.75, 3.05) is 13.1 Å². The van der Waals surface area contributed by atoms with Crippen LogP contribution in [0.15, 0.2) is 48.7 Å². The Labute approximate surface area is 203 Å². The van der Waals surface area contributed by atoms with Crippen molar-refractivity contribution in [1.82, 2.24) is 14.8 Å². The average Bonchev–Trinajstić information content (AvgIpc) is 3.46. The topological polar surface area (TPSA) is 90.8 Å². The lowest BCUT2D eigenvalue weighted by Gasteiger charge is -2.39. The number of amides is 3. The molecule has 3 heterocycles. The maximum absolute atomic E-state index is 14.2. The fourth-order valence-corrected chi connectivity index (χ4v) is 5.94. The van der Waals surface area contributed by atoms with Crippen LogP contribution < -0.4 is 0 Å². The van der Waals surface area contributed by atoms with Gasteiger partial charge in [0, 0.05) is 38.2 Å². The minimum absolute atomic E-state index is 0.136. The van der Waals surface area contributed by atoms with Gasteiger partial charge in [-0.2, -0.15) is 0 Å². The van der Waals surface area contributed by atoms with Crippen LogP contribution in [0.25, 0.3) is 0 Å². The minimum atomic E-state index is -1.41. The number of hydrogen-bond donors (Lipinski definition) is 1. The van der Waals surface area contributed by atoms with E-state index < -0.39 is 22.7 Å². The highest BCUT2D eigenvalue weighted by molar-refractivity contribution is 6.11. The van der Waals surface area contributed by atoms with Gasteiger partial charge in [-0.15, -0.1) is 0 Å². The zero-order chi connectivity index (χ0) is 24.6. The molecule has 7 nitrogen and oxygen atoms in total. The van der Waals surface area contributed by atoms with Crippen molar-refractivity contribution in [1.29, 1.82) is 0 Å². The van der Waals surface area contributed by atoms with E-state index >= 15 is 0 Å². The molecule has 1 atom stereocenters. The van der Waals surface area contributed by atoms with Gasteiger partial charge in [-0.05, 0) is 55.5 Å². The highest BCUT2D eigenvalue weighted by Crippen LogP contribution is 2.43. The number of benzene rings is 1. The van der Waals surface area contributed by atoms with Crippen LogP contribution in [-0.2, 0) is 25.4 Å². The van der Waals surface area contributed by atoms with E-state index in [9.17, 15) is 23.9 Å². The fraction of sp³-hybridized carbons (Fsp3) is 0.481. The summed E-state index contributed by atoms with van der Waals surface area (Å²) in [4.78, 5) is 47.7. The molecule has 0 unspecified atom stereocenters. The molecule has 184 valence electrons. The van der Waals surface area contributed by atoms with E-state index in [0.29, 0.717) is 37.2 Å². The van der Waals surface area contributed by atoms with Gasteiger partial charge in [0.15, 0.2) is 0 Å². The zero-order valence-corrected chi connectivity index (χ0v) is 19.7. The van der Waals surface area contributed by atoms with Crippen LogP contribution in [0.5, 0.6) is 0 Å². The Hall–Kier alpha value is -3.13. The molecule has 1 aromatic heterocycles. The molecule has 1 saturated carbocycles. The van der Waals surface area contributed by atoms with Gasteiger partial charge in [-0.3, -0.25) is 24.3 Å². The molecule has 8 heteroatoms. The van der Waals surface area contributed by atoms with Crippen LogP contribution in [0, 0.1) is 5.82 Å². The molecule has 0 spiro atoms. The van der Waals surface area contributed by atoms with Gasteiger partial charge in [0.2, 0.25) is 17.7 Å². The van der Waals surface area contributed by atoms with Gasteiger partial charge in [-0.25, -0.2) is 4.39 Å². The Morgan fingerprint density at radius 2 is 1.83 bits per heavy atom. The molecule has 0 radical (unpaired) electrons. The number of aliphatic hydroxyl groups is 1. The number of pyridine rings is 1. The Morgan fingerprint density at radius 1 is 1.09 bits per heavy atom. The predicted octanol–water partition coefficient (Wildman–Crippen LogP) is 3.06. The summed E-state index contributed by atoms with van der Waals surface area (Å²) in [5.74, 6) is -1.46. The molecule has 5 rings (SSSR count). The number of hydrogen-bond acceptors (Lipinski definition) is 5. The molecule has 1 aliphatic carbocycles. The molecule has 3 aliphatic rings. The number of aromatic nitrogens is 1. The number of carbonyl (C=O) groups is 3. The van der Waals surface area contributed by atoms with Gasteiger partial charge in [-0.1, -0.05) is 31.0 Å². The first kappa shape index (κ1) is 23.6. The van der Waals surface area contributed by atoms with Crippen LogP contribution >= 0.6 is 0 Å². The standard InChI is InChI=1S/C27H30FN3O4/c28-20-7-5-6-19(16-20)26(18-24(33)31(25(26)34)21-8-1-2-9-21)17-23(32)30-14-11-27(35,12-15-30)22-10-3-4-13-29-22/h3-7,10,13,16,21,35H,1-2,8-9,11-12,14-15,17-18H2/t26-/m0/s1. The molecule has 2 aliphatic heterocycles. The Bertz CT molecular complexity index is 1130. The highest BCUT2D eigenvalue weighted by Gasteiger charge is 2.56. The number of imide groups is 1. The monoisotopic (exact) mass is 479 g/mol. The van der Waals surface area contributed by atoms with E-state index in [2.05, 4.69) is 4.98 Å². The van der Waals surface area contributed by atoms with Gasteiger partial charge >= 0.3 is 0 Å². The maximum Gasteiger partial charge on any atom is 0.241 e. The van der Waals surface area contributed by atoms with Crippen molar-refractivity contribution >= 4 is 17.7 Å². The summed E-state index contributed by atoms with van der Waals surface area (Å²) in [6.07, 6.45) is 5.39. The smallest absolute Gasteiger partial charge is 0.241 e. The second-order valence-corrected chi connectivity index (χ2v) is 10.1. The lowest BCUT2D eigenvalue weighted by molar-refractivity contribution is -0.146. The first-order valence-electron chi connectivity index (χ1n) is 12.4. The SMILES string of the molecule is O=C(C[C@@]1(c2cccc(F)c2)CC(=O)N(C2CCCC2)C1=O)N1CCC(O)(c2ccccn2)CC1. The molecule has 1 aromatic carbocycles. The lowest BCUT2D eigenvalue weighted by atomic mass is 9.75. The van der Waals surface area contributed by atoms with Crippen molar-refractivity contribution in [3.63, 3.8) is 0 Å². The van der Waals surface area contributed by atoms with E-state index in [0.717, 1.165) is 25.7 Å². The molecule has 1 N–H and O–H groups in total.